The molecule has 1 aromatic carbocycles. The van der Waals surface area contributed by atoms with Crippen LogP contribution in [0.3, 0.4) is 0 Å². The molecule has 8 nitrogen and oxygen atoms in total. The van der Waals surface area contributed by atoms with Gasteiger partial charge >= 0.3 is 0 Å². The fourth-order valence-electron chi connectivity index (χ4n) is 4.55. The second-order valence-corrected chi connectivity index (χ2v) is 10.0. The van der Waals surface area contributed by atoms with E-state index in [1.807, 2.05) is 58.5 Å². The number of hydrogen-bond donors (Lipinski definition) is 0. The SMILES string of the molecule is Cc1cccc(-n2c(SCC(=O)N3CCN(C(=O)C4CCC4)C(C)C3)nnc2-c2ccco2)c1. The molecule has 3 heterocycles. The molecule has 2 amide bonds. The average Bonchev–Trinajstić information content (AvgIpc) is 3.46. The summed E-state index contributed by atoms with van der Waals surface area (Å²) < 4.78 is 7.51. The van der Waals surface area contributed by atoms with Crippen LogP contribution in [0.4, 0.5) is 0 Å². The Morgan fingerprint density at radius 2 is 2.00 bits per heavy atom. The smallest absolute Gasteiger partial charge is 0.233 e. The predicted molar refractivity (Wildman–Crippen MR) is 130 cm³/mol. The fourth-order valence-corrected chi connectivity index (χ4v) is 5.40. The molecule has 9 heteroatoms. The predicted octanol–water partition coefficient (Wildman–Crippen LogP) is 3.79. The molecule has 0 spiro atoms. The van der Waals surface area contributed by atoms with E-state index in [-0.39, 0.29) is 29.5 Å². The van der Waals surface area contributed by atoms with Crippen LogP contribution in [0.2, 0.25) is 0 Å². The van der Waals surface area contributed by atoms with Crippen molar-refractivity contribution in [2.75, 3.05) is 25.4 Å². The molecule has 1 aliphatic carbocycles. The molecule has 2 fully saturated rings. The number of hydrogen-bond acceptors (Lipinski definition) is 6. The molecule has 0 N–H and O–H groups in total. The van der Waals surface area contributed by atoms with E-state index in [9.17, 15) is 9.59 Å². The standard InChI is InChI=1S/C25H29N5O3S/c1-17-6-3-9-20(14-17)30-23(21-10-5-13-33-21)26-27-25(30)34-16-22(31)28-11-12-29(18(2)15-28)24(32)19-7-4-8-19/h3,5-6,9-10,13-14,18-19H,4,7-8,11-12,15-16H2,1-2H3. The molecule has 34 heavy (non-hydrogen) atoms. The lowest BCUT2D eigenvalue weighted by atomic mass is 9.84. The Labute approximate surface area is 203 Å². The van der Waals surface area contributed by atoms with E-state index in [4.69, 9.17) is 4.42 Å². The van der Waals surface area contributed by atoms with E-state index in [1.54, 1.807) is 6.26 Å². The first-order valence-electron chi connectivity index (χ1n) is 11.8. The highest BCUT2D eigenvalue weighted by Crippen LogP contribution is 2.31. The Bertz CT molecular complexity index is 1170. The second-order valence-electron chi connectivity index (χ2n) is 9.09. The fraction of sp³-hybridized carbons (Fsp3) is 0.440. The van der Waals surface area contributed by atoms with Gasteiger partial charge in [0.05, 0.1) is 17.7 Å². The van der Waals surface area contributed by atoms with Crippen LogP contribution in [0.5, 0.6) is 0 Å². The summed E-state index contributed by atoms with van der Waals surface area (Å²) in [5.41, 5.74) is 2.04. The van der Waals surface area contributed by atoms with Gasteiger partial charge in [0.1, 0.15) is 0 Å². The van der Waals surface area contributed by atoms with Gasteiger partial charge in [-0.25, -0.2) is 0 Å². The van der Waals surface area contributed by atoms with Crippen LogP contribution in [-0.2, 0) is 9.59 Å². The number of carbonyl (C=O) groups is 2. The average molecular weight is 480 g/mol. The van der Waals surface area contributed by atoms with Crippen LogP contribution in [0.15, 0.2) is 52.2 Å². The lowest BCUT2D eigenvalue weighted by molar-refractivity contribution is -0.146. The van der Waals surface area contributed by atoms with Crippen LogP contribution in [0.25, 0.3) is 17.3 Å². The van der Waals surface area contributed by atoms with Gasteiger partial charge in [-0.1, -0.05) is 30.3 Å². The minimum absolute atomic E-state index is 0.0392. The van der Waals surface area contributed by atoms with Crippen molar-refractivity contribution >= 4 is 23.6 Å². The number of amides is 2. The van der Waals surface area contributed by atoms with Crippen LogP contribution >= 0.6 is 11.8 Å². The zero-order valence-corrected chi connectivity index (χ0v) is 20.3. The van der Waals surface area contributed by atoms with E-state index in [0.717, 1.165) is 30.5 Å². The van der Waals surface area contributed by atoms with Gasteiger partial charge in [-0.2, -0.15) is 0 Å². The van der Waals surface area contributed by atoms with E-state index in [0.29, 0.717) is 36.4 Å². The van der Waals surface area contributed by atoms with E-state index < -0.39 is 0 Å². The monoisotopic (exact) mass is 479 g/mol. The zero-order chi connectivity index (χ0) is 23.7. The number of benzene rings is 1. The molecule has 2 aliphatic rings. The Balaban J connectivity index is 1.28. The molecular weight excluding hydrogens is 450 g/mol. The van der Waals surface area contributed by atoms with Crippen molar-refractivity contribution in [3.8, 4) is 17.3 Å². The maximum atomic E-state index is 13.1. The highest BCUT2D eigenvalue weighted by atomic mass is 32.2. The van der Waals surface area contributed by atoms with Gasteiger partial charge in [0.2, 0.25) is 17.6 Å². The molecule has 1 aliphatic heterocycles. The number of carbonyl (C=O) groups excluding carboxylic acids is 2. The maximum absolute atomic E-state index is 13.1. The molecule has 1 unspecified atom stereocenters. The topological polar surface area (TPSA) is 84.5 Å². The summed E-state index contributed by atoms with van der Waals surface area (Å²) in [6.45, 7) is 5.82. The highest BCUT2D eigenvalue weighted by molar-refractivity contribution is 7.99. The van der Waals surface area contributed by atoms with Crippen molar-refractivity contribution in [2.45, 2.75) is 44.3 Å². The Hall–Kier alpha value is -3.07. The van der Waals surface area contributed by atoms with Gasteiger partial charge in [-0.05, 0) is 56.5 Å². The van der Waals surface area contributed by atoms with Gasteiger partial charge in [0.15, 0.2) is 10.9 Å². The third-order valence-corrected chi connectivity index (χ3v) is 7.59. The first kappa shape index (κ1) is 22.7. The Kier molecular flexibility index (Phi) is 6.45. The quantitative estimate of drug-likeness (QED) is 0.500. The summed E-state index contributed by atoms with van der Waals surface area (Å²) >= 11 is 1.37. The first-order chi connectivity index (χ1) is 16.5. The zero-order valence-electron chi connectivity index (χ0n) is 19.5. The molecule has 0 bridgehead atoms. The molecule has 3 aromatic rings. The minimum atomic E-state index is 0.0392. The number of aromatic nitrogens is 3. The van der Waals surface area contributed by atoms with Crippen molar-refractivity contribution in [3.63, 3.8) is 0 Å². The first-order valence-corrected chi connectivity index (χ1v) is 12.8. The molecule has 1 atom stereocenters. The van der Waals surface area contributed by atoms with Gasteiger partial charge in [0, 0.05) is 31.6 Å². The highest BCUT2D eigenvalue weighted by Gasteiger charge is 2.35. The van der Waals surface area contributed by atoms with Gasteiger partial charge in [-0.3, -0.25) is 14.2 Å². The van der Waals surface area contributed by atoms with E-state index in [2.05, 4.69) is 16.3 Å². The summed E-state index contributed by atoms with van der Waals surface area (Å²) in [5.74, 6) is 1.97. The lowest BCUT2D eigenvalue weighted by Gasteiger charge is -2.42. The van der Waals surface area contributed by atoms with Crippen molar-refractivity contribution in [1.29, 1.82) is 0 Å². The molecule has 5 rings (SSSR count). The van der Waals surface area contributed by atoms with Gasteiger partial charge in [0.25, 0.3) is 0 Å². The Morgan fingerprint density at radius 1 is 1.15 bits per heavy atom. The lowest BCUT2D eigenvalue weighted by Crippen LogP contribution is -2.57. The number of nitrogens with zero attached hydrogens (tertiary/aromatic N) is 5. The second kappa shape index (κ2) is 9.66. The van der Waals surface area contributed by atoms with Crippen molar-refractivity contribution in [1.82, 2.24) is 24.6 Å². The third-order valence-electron chi connectivity index (χ3n) is 6.68. The van der Waals surface area contributed by atoms with Gasteiger partial charge < -0.3 is 14.2 Å². The summed E-state index contributed by atoms with van der Waals surface area (Å²) in [4.78, 5) is 29.6. The van der Waals surface area contributed by atoms with Crippen molar-refractivity contribution < 1.29 is 14.0 Å². The maximum Gasteiger partial charge on any atom is 0.233 e. The minimum Gasteiger partial charge on any atom is -0.461 e. The number of aryl methyl sites for hydroxylation is 1. The Morgan fingerprint density at radius 3 is 2.68 bits per heavy atom. The number of rotatable bonds is 6. The molecule has 1 saturated carbocycles. The molecule has 1 saturated heterocycles. The molecule has 178 valence electrons. The van der Waals surface area contributed by atoms with Crippen LogP contribution < -0.4 is 0 Å². The summed E-state index contributed by atoms with van der Waals surface area (Å²) in [6, 6.07) is 11.8. The molecule has 2 aromatic heterocycles. The molecular formula is C25H29N5O3S. The summed E-state index contributed by atoms with van der Waals surface area (Å²) in [6.07, 6.45) is 4.76. The normalized spacial score (nSPS) is 18.7. The summed E-state index contributed by atoms with van der Waals surface area (Å²) in [7, 11) is 0. The van der Waals surface area contributed by atoms with Crippen LogP contribution in [-0.4, -0.2) is 67.8 Å². The number of furan rings is 1. The van der Waals surface area contributed by atoms with E-state index in [1.165, 1.54) is 11.8 Å². The van der Waals surface area contributed by atoms with Crippen LogP contribution in [0.1, 0.15) is 31.7 Å². The van der Waals surface area contributed by atoms with Crippen LogP contribution in [0, 0.1) is 12.8 Å². The largest absolute Gasteiger partial charge is 0.461 e. The number of piperazine rings is 1. The van der Waals surface area contributed by atoms with Crippen molar-refractivity contribution in [3.05, 3.63) is 48.2 Å². The van der Waals surface area contributed by atoms with Gasteiger partial charge in [-0.15, -0.1) is 10.2 Å². The van der Waals surface area contributed by atoms with E-state index >= 15 is 0 Å². The van der Waals surface area contributed by atoms with Crippen molar-refractivity contribution in [2.24, 2.45) is 5.92 Å². The third kappa shape index (κ3) is 4.49. The molecule has 0 radical (unpaired) electrons. The number of thioether (sulfide) groups is 1. The summed E-state index contributed by atoms with van der Waals surface area (Å²) in [5, 5.41) is 9.37.